The van der Waals surface area contributed by atoms with Crippen LogP contribution in [-0.4, -0.2) is 26.2 Å². The topological polar surface area (TPSA) is 123 Å². The molecule has 3 aromatic heterocycles. The number of hydrogen-bond donors (Lipinski definition) is 2. The van der Waals surface area contributed by atoms with Gasteiger partial charge in [-0.25, -0.2) is 4.79 Å². The molecule has 3 heterocycles. The lowest BCUT2D eigenvalue weighted by Gasteiger charge is -2.25. The van der Waals surface area contributed by atoms with Crippen LogP contribution in [0.25, 0.3) is 10.7 Å². The zero-order valence-corrected chi connectivity index (χ0v) is 17.7. The third kappa shape index (κ3) is 4.76. The quantitative estimate of drug-likeness (QED) is 0.547. The molecular formula is C19H26N6O3S. The summed E-state index contributed by atoms with van der Waals surface area (Å²) in [6.45, 7) is 7.24. The lowest BCUT2D eigenvalue weighted by atomic mass is 10.2. The van der Waals surface area contributed by atoms with Crippen LogP contribution >= 0.6 is 11.3 Å². The lowest BCUT2D eigenvalue weighted by Crippen LogP contribution is -2.39. The predicted octanol–water partition coefficient (Wildman–Crippen LogP) is 2.69. The molecule has 0 amide bonds. The van der Waals surface area contributed by atoms with E-state index in [2.05, 4.69) is 22.0 Å². The molecule has 0 fully saturated rings. The van der Waals surface area contributed by atoms with Crippen molar-refractivity contribution in [2.24, 2.45) is 5.92 Å². The second-order valence-corrected chi connectivity index (χ2v) is 8.21. The van der Waals surface area contributed by atoms with Crippen molar-refractivity contribution in [3.63, 3.8) is 0 Å². The third-order valence-corrected chi connectivity index (χ3v) is 5.26. The van der Waals surface area contributed by atoms with Gasteiger partial charge < -0.3 is 15.2 Å². The molecule has 0 spiro atoms. The van der Waals surface area contributed by atoms with Gasteiger partial charge in [0.05, 0.1) is 11.4 Å². The number of aromatic amines is 1. The summed E-state index contributed by atoms with van der Waals surface area (Å²) in [5.41, 5.74) is 5.52. The van der Waals surface area contributed by atoms with Crippen molar-refractivity contribution in [2.75, 3.05) is 17.2 Å². The molecule has 0 aliphatic rings. The van der Waals surface area contributed by atoms with Gasteiger partial charge in [-0.3, -0.25) is 14.3 Å². The summed E-state index contributed by atoms with van der Waals surface area (Å²) in [4.78, 5) is 34.4. The van der Waals surface area contributed by atoms with E-state index >= 15 is 0 Å². The number of H-pyrrole nitrogens is 1. The Morgan fingerprint density at radius 1 is 1.38 bits per heavy atom. The number of nitrogen functional groups attached to an aromatic ring is 1. The predicted molar refractivity (Wildman–Crippen MR) is 114 cm³/mol. The maximum Gasteiger partial charge on any atom is 0.330 e. The molecule has 0 unspecified atom stereocenters. The van der Waals surface area contributed by atoms with Crippen LogP contribution in [0, 0.1) is 5.92 Å². The summed E-state index contributed by atoms with van der Waals surface area (Å²) in [6.07, 6.45) is 1.78. The Morgan fingerprint density at radius 3 is 2.83 bits per heavy atom. The Hall–Kier alpha value is -2.88. The summed E-state index contributed by atoms with van der Waals surface area (Å²) in [6, 6.07) is 3.83. The first-order valence-electron chi connectivity index (χ1n) is 9.64. The molecule has 9 nitrogen and oxygen atoms in total. The van der Waals surface area contributed by atoms with Gasteiger partial charge in [0.15, 0.2) is 0 Å². The van der Waals surface area contributed by atoms with Gasteiger partial charge in [0.1, 0.15) is 11.5 Å². The molecule has 0 aliphatic carbocycles. The van der Waals surface area contributed by atoms with Gasteiger partial charge in [-0.05, 0) is 23.8 Å². The van der Waals surface area contributed by atoms with Crippen LogP contribution in [0.15, 0.2) is 31.6 Å². The van der Waals surface area contributed by atoms with Crippen LogP contribution in [0.1, 0.15) is 39.5 Å². The molecule has 3 N–H and O–H groups in total. The largest absolute Gasteiger partial charge is 0.383 e. The van der Waals surface area contributed by atoms with Crippen LogP contribution in [0.5, 0.6) is 0 Å². The van der Waals surface area contributed by atoms with E-state index in [1.54, 1.807) is 4.90 Å². The molecule has 0 aliphatic heterocycles. The SMILES string of the molecule is CCCCN(Cc1nc(-c2cccs2)no1)c1c(N)n(CC(C)C)c(=O)[nH]c1=O. The first-order chi connectivity index (χ1) is 13.9. The van der Waals surface area contributed by atoms with Gasteiger partial charge in [-0.2, -0.15) is 4.98 Å². The molecule has 0 saturated carbocycles. The van der Waals surface area contributed by atoms with Crippen LogP contribution < -0.4 is 21.9 Å². The first kappa shape index (κ1) is 20.8. The van der Waals surface area contributed by atoms with E-state index < -0.39 is 11.2 Å². The van der Waals surface area contributed by atoms with Crippen molar-refractivity contribution in [2.45, 2.75) is 46.7 Å². The van der Waals surface area contributed by atoms with E-state index in [0.717, 1.165) is 17.7 Å². The molecule has 29 heavy (non-hydrogen) atoms. The van der Waals surface area contributed by atoms with E-state index in [-0.39, 0.29) is 24.0 Å². The van der Waals surface area contributed by atoms with E-state index in [1.165, 1.54) is 15.9 Å². The van der Waals surface area contributed by atoms with Crippen LogP contribution in [0.4, 0.5) is 11.5 Å². The normalized spacial score (nSPS) is 11.3. The van der Waals surface area contributed by atoms with Crippen LogP contribution in [0.3, 0.4) is 0 Å². The van der Waals surface area contributed by atoms with Crippen molar-refractivity contribution < 1.29 is 4.52 Å². The maximum atomic E-state index is 12.6. The van der Waals surface area contributed by atoms with E-state index in [0.29, 0.717) is 24.8 Å². The fourth-order valence-corrected chi connectivity index (χ4v) is 3.69. The summed E-state index contributed by atoms with van der Waals surface area (Å²) >= 11 is 1.52. The zero-order valence-electron chi connectivity index (χ0n) is 16.8. The van der Waals surface area contributed by atoms with Crippen LogP contribution in [0.2, 0.25) is 0 Å². The van der Waals surface area contributed by atoms with Gasteiger partial charge in [0.2, 0.25) is 11.7 Å². The second-order valence-electron chi connectivity index (χ2n) is 7.26. The summed E-state index contributed by atoms with van der Waals surface area (Å²) in [7, 11) is 0. The average molecular weight is 419 g/mol. The monoisotopic (exact) mass is 418 g/mol. The molecule has 0 saturated heterocycles. The minimum atomic E-state index is -0.512. The molecule has 156 valence electrons. The fraction of sp³-hybridized carbons (Fsp3) is 0.474. The van der Waals surface area contributed by atoms with Crippen molar-refractivity contribution in [3.05, 3.63) is 44.2 Å². The smallest absolute Gasteiger partial charge is 0.330 e. The number of nitrogens with one attached hydrogen (secondary N) is 1. The summed E-state index contributed by atoms with van der Waals surface area (Å²) in [5, 5.41) is 5.97. The number of unbranched alkanes of at least 4 members (excludes halogenated alkanes) is 1. The number of hydrogen-bond acceptors (Lipinski definition) is 8. The minimum absolute atomic E-state index is 0.154. The number of thiophene rings is 1. The first-order valence-corrected chi connectivity index (χ1v) is 10.5. The van der Waals surface area contributed by atoms with Gasteiger partial charge in [-0.15, -0.1) is 11.3 Å². The number of rotatable bonds is 9. The highest BCUT2D eigenvalue weighted by molar-refractivity contribution is 7.13. The standard InChI is InChI=1S/C19H26N6O3S/c1-4-5-8-24(11-14-21-17(23-28-14)13-7-6-9-29-13)15-16(20)25(10-12(2)3)19(27)22-18(15)26/h6-7,9,12H,4-5,8,10-11,20H2,1-3H3,(H,22,26,27). The number of nitrogens with two attached hydrogens (primary N) is 1. The average Bonchev–Trinajstić information content (AvgIpc) is 3.34. The highest BCUT2D eigenvalue weighted by Gasteiger charge is 2.21. The van der Waals surface area contributed by atoms with Crippen molar-refractivity contribution >= 4 is 22.8 Å². The Bertz CT molecular complexity index is 1050. The number of anilines is 2. The van der Waals surface area contributed by atoms with Gasteiger partial charge in [-0.1, -0.05) is 38.4 Å². The summed E-state index contributed by atoms with van der Waals surface area (Å²) < 4.78 is 6.81. The number of aromatic nitrogens is 4. The Balaban J connectivity index is 1.97. The van der Waals surface area contributed by atoms with E-state index in [4.69, 9.17) is 10.3 Å². The molecule has 10 heteroatoms. The zero-order chi connectivity index (χ0) is 21.0. The van der Waals surface area contributed by atoms with Crippen molar-refractivity contribution in [1.29, 1.82) is 0 Å². The molecule has 0 atom stereocenters. The molecular weight excluding hydrogens is 392 g/mol. The van der Waals surface area contributed by atoms with Crippen molar-refractivity contribution in [1.82, 2.24) is 19.7 Å². The highest BCUT2D eigenvalue weighted by Crippen LogP contribution is 2.24. The maximum absolute atomic E-state index is 12.6. The summed E-state index contributed by atoms with van der Waals surface area (Å²) in [5.74, 6) is 1.24. The Labute approximate surface area is 172 Å². The molecule has 0 aromatic carbocycles. The second kappa shape index (κ2) is 9.08. The van der Waals surface area contributed by atoms with E-state index in [1.807, 2.05) is 31.4 Å². The Morgan fingerprint density at radius 2 is 2.17 bits per heavy atom. The van der Waals surface area contributed by atoms with Gasteiger partial charge in [0.25, 0.3) is 5.56 Å². The number of nitrogens with zero attached hydrogens (tertiary/aromatic N) is 4. The molecule has 3 aromatic rings. The minimum Gasteiger partial charge on any atom is -0.383 e. The van der Waals surface area contributed by atoms with Crippen LogP contribution in [-0.2, 0) is 13.1 Å². The lowest BCUT2D eigenvalue weighted by molar-refractivity contribution is 0.376. The third-order valence-electron chi connectivity index (χ3n) is 4.40. The van der Waals surface area contributed by atoms with Crippen molar-refractivity contribution in [3.8, 4) is 10.7 Å². The van der Waals surface area contributed by atoms with Gasteiger partial charge in [0, 0.05) is 13.1 Å². The molecule has 0 bridgehead atoms. The highest BCUT2D eigenvalue weighted by atomic mass is 32.1. The fourth-order valence-electron chi connectivity index (χ4n) is 3.04. The van der Waals surface area contributed by atoms with Gasteiger partial charge >= 0.3 is 5.69 Å². The Kier molecular flexibility index (Phi) is 6.53. The molecule has 0 radical (unpaired) electrons. The molecule has 3 rings (SSSR count). The van der Waals surface area contributed by atoms with E-state index in [9.17, 15) is 9.59 Å².